The van der Waals surface area contributed by atoms with Gasteiger partial charge in [-0.25, -0.2) is 4.39 Å². The fourth-order valence-corrected chi connectivity index (χ4v) is 3.95. The number of benzene rings is 1. The molecule has 116 valence electrons. The van der Waals surface area contributed by atoms with Gasteiger partial charge in [0.1, 0.15) is 5.82 Å². The van der Waals surface area contributed by atoms with Crippen LogP contribution in [0.25, 0.3) is 0 Å². The summed E-state index contributed by atoms with van der Waals surface area (Å²) in [5.41, 5.74) is 3.01. The Labute approximate surface area is 132 Å². The van der Waals surface area contributed by atoms with Crippen molar-refractivity contribution < 1.29 is 14.3 Å². The Morgan fingerprint density at radius 1 is 1.32 bits per heavy atom. The van der Waals surface area contributed by atoms with Crippen LogP contribution in [-0.4, -0.2) is 11.0 Å². The molecule has 1 aromatic carbocycles. The van der Waals surface area contributed by atoms with Crippen molar-refractivity contribution in [3.63, 3.8) is 0 Å². The molecule has 5 heteroatoms. The van der Waals surface area contributed by atoms with Crippen molar-refractivity contribution >= 4 is 17.2 Å². The summed E-state index contributed by atoms with van der Waals surface area (Å²) in [7, 11) is 0. The molecule has 3 rings (SSSR count). The van der Waals surface area contributed by atoms with Crippen LogP contribution in [0.3, 0.4) is 0 Å². The summed E-state index contributed by atoms with van der Waals surface area (Å²) in [5.74, 6) is -0.501. The van der Waals surface area contributed by atoms with Gasteiger partial charge in [0.15, 0.2) is 0 Å². The Kier molecular flexibility index (Phi) is 4.55. The molecular formula is C17H18FNO2S. The molecule has 3 nitrogen and oxygen atoms in total. The van der Waals surface area contributed by atoms with Gasteiger partial charge in [0, 0.05) is 22.4 Å². The van der Waals surface area contributed by atoms with E-state index in [1.54, 1.807) is 23.5 Å². The van der Waals surface area contributed by atoms with Gasteiger partial charge in [-0.1, -0.05) is 6.07 Å². The van der Waals surface area contributed by atoms with Crippen LogP contribution in [0.1, 0.15) is 44.8 Å². The predicted octanol–water partition coefficient (Wildman–Crippen LogP) is 3.19. The van der Waals surface area contributed by atoms with Crippen molar-refractivity contribution in [2.75, 3.05) is 0 Å². The molecule has 1 aliphatic rings. The number of nitrogens with one attached hydrogen (secondary N) is 1. The number of thiophene rings is 1. The molecule has 2 N–H and O–H groups in total. The van der Waals surface area contributed by atoms with Gasteiger partial charge in [0.05, 0.1) is 12.2 Å². The molecule has 0 radical (unpaired) electrons. The van der Waals surface area contributed by atoms with Gasteiger partial charge in [-0.2, -0.15) is 0 Å². The molecule has 1 aliphatic carbocycles. The van der Waals surface area contributed by atoms with E-state index < -0.39 is 5.82 Å². The van der Waals surface area contributed by atoms with E-state index in [9.17, 15) is 9.18 Å². The third-order valence-electron chi connectivity index (χ3n) is 4.04. The fraction of sp³-hybridized carbons (Fsp3) is 0.353. The highest BCUT2D eigenvalue weighted by molar-refractivity contribution is 7.10. The first kappa shape index (κ1) is 15.2. The molecule has 0 saturated heterocycles. The van der Waals surface area contributed by atoms with Gasteiger partial charge >= 0.3 is 0 Å². The lowest BCUT2D eigenvalue weighted by atomic mass is 9.95. The third kappa shape index (κ3) is 3.05. The maximum atomic E-state index is 13.3. The van der Waals surface area contributed by atoms with E-state index in [1.807, 2.05) is 5.38 Å². The molecule has 0 atom stereocenters. The highest BCUT2D eigenvalue weighted by atomic mass is 32.1. The van der Waals surface area contributed by atoms with E-state index in [0.29, 0.717) is 6.54 Å². The lowest BCUT2D eigenvalue weighted by Crippen LogP contribution is -2.24. The fourth-order valence-electron chi connectivity index (χ4n) is 2.82. The van der Waals surface area contributed by atoms with Gasteiger partial charge in [0.25, 0.3) is 5.91 Å². The number of rotatable bonds is 4. The number of hydrogen-bond acceptors (Lipinski definition) is 3. The summed E-state index contributed by atoms with van der Waals surface area (Å²) in [4.78, 5) is 13.7. The zero-order valence-electron chi connectivity index (χ0n) is 12.2. The first-order valence-corrected chi connectivity index (χ1v) is 8.32. The van der Waals surface area contributed by atoms with E-state index in [2.05, 4.69) is 5.32 Å². The number of halogens is 1. The summed E-state index contributed by atoms with van der Waals surface area (Å²) in [5, 5.41) is 13.9. The number of hydrogen-bond donors (Lipinski definition) is 2. The van der Waals surface area contributed by atoms with Crippen LogP contribution in [0, 0.1) is 5.82 Å². The Balaban J connectivity index is 1.69. The van der Waals surface area contributed by atoms with Crippen LogP contribution in [0.5, 0.6) is 0 Å². The van der Waals surface area contributed by atoms with E-state index >= 15 is 0 Å². The minimum absolute atomic E-state index is 0.0747. The third-order valence-corrected chi connectivity index (χ3v) is 5.13. The second kappa shape index (κ2) is 6.58. The highest BCUT2D eigenvalue weighted by Crippen LogP contribution is 2.30. The van der Waals surface area contributed by atoms with Crippen molar-refractivity contribution in [1.82, 2.24) is 5.32 Å². The zero-order chi connectivity index (χ0) is 15.5. The Bertz CT molecular complexity index is 696. The van der Waals surface area contributed by atoms with Crippen LogP contribution in [0.4, 0.5) is 4.39 Å². The van der Waals surface area contributed by atoms with Crippen LogP contribution in [-0.2, 0) is 26.0 Å². The average Bonchev–Trinajstić information content (AvgIpc) is 2.98. The predicted molar refractivity (Wildman–Crippen MR) is 84.5 cm³/mol. The van der Waals surface area contributed by atoms with Gasteiger partial charge in [0.2, 0.25) is 0 Å². The summed E-state index contributed by atoms with van der Waals surface area (Å²) in [6.07, 6.45) is 4.40. The SMILES string of the molecule is O=C(NCc1ccc(F)c(CO)c1)c1csc2c1CCCC2. The molecular weight excluding hydrogens is 301 g/mol. The van der Waals surface area contributed by atoms with Crippen molar-refractivity contribution in [1.29, 1.82) is 0 Å². The number of amides is 1. The van der Waals surface area contributed by atoms with E-state index in [4.69, 9.17) is 5.11 Å². The largest absolute Gasteiger partial charge is 0.392 e. The van der Waals surface area contributed by atoms with Crippen molar-refractivity contribution in [3.05, 3.63) is 56.5 Å². The molecule has 0 bridgehead atoms. The summed E-state index contributed by atoms with van der Waals surface area (Å²) < 4.78 is 13.3. The number of aliphatic hydroxyl groups excluding tert-OH is 1. The number of aryl methyl sites for hydroxylation is 1. The van der Waals surface area contributed by atoms with Crippen LogP contribution in [0.15, 0.2) is 23.6 Å². The van der Waals surface area contributed by atoms with Crippen LogP contribution in [0.2, 0.25) is 0 Å². The molecule has 0 fully saturated rings. The second-order valence-electron chi connectivity index (χ2n) is 5.52. The van der Waals surface area contributed by atoms with Crippen molar-refractivity contribution in [2.24, 2.45) is 0 Å². The average molecular weight is 319 g/mol. The van der Waals surface area contributed by atoms with E-state index in [-0.39, 0.29) is 18.1 Å². The summed E-state index contributed by atoms with van der Waals surface area (Å²) in [6, 6.07) is 4.52. The lowest BCUT2D eigenvalue weighted by molar-refractivity contribution is 0.0950. The zero-order valence-corrected chi connectivity index (χ0v) is 13.0. The molecule has 1 amide bonds. The molecule has 2 aromatic rings. The lowest BCUT2D eigenvalue weighted by Gasteiger charge is -2.13. The molecule has 22 heavy (non-hydrogen) atoms. The van der Waals surface area contributed by atoms with Crippen LogP contribution < -0.4 is 5.32 Å². The van der Waals surface area contributed by atoms with Crippen molar-refractivity contribution in [3.8, 4) is 0 Å². The minimum atomic E-state index is -0.426. The minimum Gasteiger partial charge on any atom is -0.392 e. The van der Waals surface area contributed by atoms with E-state index in [0.717, 1.165) is 30.4 Å². The maximum absolute atomic E-state index is 13.3. The molecule has 0 spiro atoms. The quantitative estimate of drug-likeness (QED) is 0.909. The van der Waals surface area contributed by atoms with Gasteiger partial charge < -0.3 is 10.4 Å². The monoisotopic (exact) mass is 319 g/mol. The first-order chi connectivity index (χ1) is 10.7. The Hall–Kier alpha value is -1.72. The number of carbonyl (C=O) groups is 1. The topological polar surface area (TPSA) is 49.3 Å². The van der Waals surface area contributed by atoms with Crippen LogP contribution >= 0.6 is 11.3 Å². The number of carbonyl (C=O) groups excluding carboxylic acids is 1. The highest BCUT2D eigenvalue weighted by Gasteiger charge is 2.19. The van der Waals surface area contributed by atoms with Gasteiger partial charge in [-0.05, 0) is 48.9 Å². The molecule has 1 heterocycles. The maximum Gasteiger partial charge on any atom is 0.252 e. The Morgan fingerprint density at radius 2 is 2.14 bits per heavy atom. The standard InChI is InChI=1S/C17H18FNO2S/c18-15-6-5-11(7-12(15)9-20)8-19-17(21)14-10-22-16-4-2-1-3-13(14)16/h5-7,10,20H,1-4,8-9H2,(H,19,21). The normalized spacial score (nSPS) is 13.7. The second-order valence-corrected chi connectivity index (χ2v) is 6.49. The summed E-state index contributed by atoms with van der Waals surface area (Å²) >= 11 is 1.67. The smallest absolute Gasteiger partial charge is 0.252 e. The number of aliphatic hydroxyl groups is 1. The molecule has 0 unspecified atom stereocenters. The molecule has 1 aromatic heterocycles. The first-order valence-electron chi connectivity index (χ1n) is 7.44. The van der Waals surface area contributed by atoms with E-state index in [1.165, 1.54) is 22.9 Å². The van der Waals surface area contributed by atoms with Crippen molar-refractivity contribution in [2.45, 2.75) is 38.8 Å². The molecule has 0 aliphatic heterocycles. The molecule has 0 saturated carbocycles. The number of fused-ring (bicyclic) bond motifs is 1. The Morgan fingerprint density at radius 3 is 2.95 bits per heavy atom. The van der Waals surface area contributed by atoms with Gasteiger partial charge in [-0.3, -0.25) is 4.79 Å². The summed E-state index contributed by atoms with van der Waals surface area (Å²) in [6.45, 7) is -0.0115. The van der Waals surface area contributed by atoms with Gasteiger partial charge in [-0.15, -0.1) is 11.3 Å².